The molecule has 1 aliphatic rings. The van der Waals surface area contributed by atoms with Crippen molar-refractivity contribution in [3.63, 3.8) is 0 Å². The molecular weight excluding hydrogens is 454 g/mol. The molecule has 0 aromatic heterocycles. The van der Waals surface area contributed by atoms with Crippen molar-refractivity contribution >= 4 is 17.4 Å². The molecule has 1 heterocycles. The van der Waals surface area contributed by atoms with Gasteiger partial charge in [-0.25, -0.2) is 0 Å². The number of hydrogen-bond acceptors (Lipinski definition) is 5. The number of benzene rings is 3. The quantitative estimate of drug-likeness (QED) is 0.253. The van der Waals surface area contributed by atoms with Gasteiger partial charge in [-0.15, -0.1) is 0 Å². The number of ether oxygens (including phenoxy) is 2. The Balaban J connectivity index is 1.79. The van der Waals surface area contributed by atoms with E-state index in [1.165, 1.54) is 4.90 Å². The Bertz CT molecular complexity index is 1260. The van der Waals surface area contributed by atoms with Crippen LogP contribution in [-0.4, -0.2) is 34.9 Å². The Morgan fingerprint density at radius 2 is 1.47 bits per heavy atom. The van der Waals surface area contributed by atoms with Crippen LogP contribution in [0, 0.1) is 0 Å². The molecule has 0 bridgehead atoms. The Morgan fingerprint density at radius 1 is 0.889 bits per heavy atom. The first kappa shape index (κ1) is 25.0. The summed E-state index contributed by atoms with van der Waals surface area (Å²) >= 11 is 0. The van der Waals surface area contributed by atoms with E-state index in [2.05, 4.69) is 0 Å². The van der Waals surface area contributed by atoms with E-state index in [0.29, 0.717) is 22.6 Å². The monoisotopic (exact) mass is 485 g/mol. The number of aliphatic hydroxyl groups is 1. The lowest BCUT2D eigenvalue weighted by atomic mass is 9.94. The summed E-state index contributed by atoms with van der Waals surface area (Å²) in [6, 6.07) is 21.3. The molecule has 1 saturated heterocycles. The zero-order valence-electron chi connectivity index (χ0n) is 21.0. The number of aryl methyl sites for hydroxylation is 1. The molecule has 1 amide bonds. The molecule has 1 atom stereocenters. The maximum absolute atomic E-state index is 13.3. The Morgan fingerprint density at radius 3 is 2.03 bits per heavy atom. The zero-order chi connectivity index (χ0) is 25.8. The number of carbonyl (C=O) groups excluding carboxylic acids is 2. The van der Waals surface area contributed by atoms with Crippen molar-refractivity contribution in [1.29, 1.82) is 0 Å². The van der Waals surface area contributed by atoms with Crippen LogP contribution < -0.4 is 9.47 Å². The van der Waals surface area contributed by atoms with E-state index >= 15 is 0 Å². The average molecular weight is 486 g/mol. The first-order chi connectivity index (χ1) is 17.3. The first-order valence-corrected chi connectivity index (χ1v) is 12.1. The number of nitrogens with zero attached hydrogens (tertiary/aromatic N) is 1. The molecule has 6 nitrogen and oxygen atoms in total. The maximum atomic E-state index is 13.3. The molecule has 3 aromatic rings. The van der Waals surface area contributed by atoms with Crippen LogP contribution in [-0.2, 0) is 22.6 Å². The summed E-state index contributed by atoms with van der Waals surface area (Å²) in [4.78, 5) is 28.1. The number of Topliss-reactive ketones (excluding diaryl/α,β-unsaturated/α-hetero) is 1. The van der Waals surface area contributed by atoms with Crippen LogP contribution in [0.4, 0.5) is 0 Å². The number of amides is 1. The van der Waals surface area contributed by atoms with E-state index in [1.807, 2.05) is 81.4 Å². The summed E-state index contributed by atoms with van der Waals surface area (Å²) in [6.07, 6.45) is 0.876. The third-order valence-corrected chi connectivity index (χ3v) is 6.26. The number of likely N-dealkylation sites (tertiary alicyclic amines) is 1. The molecule has 3 aromatic carbocycles. The van der Waals surface area contributed by atoms with Crippen LogP contribution >= 0.6 is 0 Å². The van der Waals surface area contributed by atoms with Crippen molar-refractivity contribution in [1.82, 2.24) is 4.90 Å². The highest BCUT2D eigenvalue weighted by Crippen LogP contribution is 2.40. The lowest BCUT2D eigenvalue weighted by Gasteiger charge is -2.26. The fraction of sp³-hybridized carbons (Fsp3) is 0.267. The summed E-state index contributed by atoms with van der Waals surface area (Å²) < 4.78 is 11.0. The minimum absolute atomic E-state index is 0.0163. The predicted octanol–water partition coefficient (Wildman–Crippen LogP) is 5.67. The summed E-state index contributed by atoms with van der Waals surface area (Å²) in [5, 5.41) is 11.3. The number of methoxy groups -OCH3 is 1. The van der Waals surface area contributed by atoms with E-state index in [9.17, 15) is 14.7 Å². The van der Waals surface area contributed by atoms with Gasteiger partial charge in [0.25, 0.3) is 11.7 Å². The predicted molar refractivity (Wildman–Crippen MR) is 139 cm³/mol. The molecule has 0 saturated carbocycles. The van der Waals surface area contributed by atoms with Gasteiger partial charge in [-0.1, -0.05) is 55.5 Å². The van der Waals surface area contributed by atoms with Crippen LogP contribution in [0.5, 0.6) is 11.5 Å². The van der Waals surface area contributed by atoms with Gasteiger partial charge in [0, 0.05) is 12.1 Å². The standard InChI is InChI=1S/C30H31NO5/c1-5-20-6-10-23(11-7-20)28(32)26-27(22-12-16-25(17-13-22)36-19(2)3)31(30(34)29(26)33)18-21-8-14-24(35-4)15-9-21/h6-17,19,27,32H,5,18H2,1-4H3/b28-26-. The van der Waals surface area contributed by atoms with Crippen LogP contribution in [0.3, 0.4) is 0 Å². The van der Waals surface area contributed by atoms with Gasteiger partial charge in [0.1, 0.15) is 17.3 Å². The van der Waals surface area contributed by atoms with Crippen LogP contribution in [0.1, 0.15) is 49.1 Å². The molecule has 1 aliphatic heterocycles. The van der Waals surface area contributed by atoms with Gasteiger partial charge in [-0.05, 0) is 61.2 Å². The highest BCUT2D eigenvalue weighted by atomic mass is 16.5. The van der Waals surface area contributed by atoms with Crippen molar-refractivity contribution in [3.8, 4) is 11.5 Å². The fourth-order valence-corrected chi connectivity index (χ4v) is 4.37. The van der Waals surface area contributed by atoms with Gasteiger partial charge in [-0.3, -0.25) is 9.59 Å². The molecule has 186 valence electrons. The van der Waals surface area contributed by atoms with E-state index in [-0.39, 0.29) is 24.0 Å². The average Bonchev–Trinajstić information content (AvgIpc) is 3.14. The van der Waals surface area contributed by atoms with E-state index in [0.717, 1.165) is 17.5 Å². The van der Waals surface area contributed by atoms with Gasteiger partial charge < -0.3 is 19.5 Å². The van der Waals surface area contributed by atoms with Crippen molar-refractivity contribution in [3.05, 3.63) is 101 Å². The van der Waals surface area contributed by atoms with Gasteiger partial charge in [-0.2, -0.15) is 0 Å². The second-order valence-electron chi connectivity index (χ2n) is 9.06. The molecule has 0 spiro atoms. The van der Waals surface area contributed by atoms with Gasteiger partial charge in [0.05, 0.1) is 24.8 Å². The Kier molecular flexibility index (Phi) is 7.44. The van der Waals surface area contributed by atoms with Crippen molar-refractivity contribution in [2.24, 2.45) is 0 Å². The van der Waals surface area contributed by atoms with Crippen molar-refractivity contribution in [2.75, 3.05) is 7.11 Å². The molecule has 0 radical (unpaired) electrons. The van der Waals surface area contributed by atoms with E-state index in [1.54, 1.807) is 19.2 Å². The first-order valence-electron chi connectivity index (χ1n) is 12.1. The summed E-state index contributed by atoms with van der Waals surface area (Å²) in [5.41, 5.74) is 3.25. The normalized spacial score (nSPS) is 17.0. The minimum Gasteiger partial charge on any atom is -0.507 e. The Hall–Kier alpha value is -4.06. The molecule has 36 heavy (non-hydrogen) atoms. The third-order valence-electron chi connectivity index (χ3n) is 6.26. The molecule has 4 rings (SSSR count). The van der Waals surface area contributed by atoms with Crippen molar-refractivity contribution < 1.29 is 24.2 Å². The molecule has 1 unspecified atom stereocenters. The number of aliphatic hydroxyl groups excluding tert-OH is 1. The highest BCUT2D eigenvalue weighted by Gasteiger charge is 2.46. The molecular formula is C30H31NO5. The van der Waals surface area contributed by atoms with Crippen LogP contribution in [0.25, 0.3) is 5.76 Å². The second-order valence-corrected chi connectivity index (χ2v) is 9.06. The number of carbonyl (C=O) groups is 2. The largest absolute Gasteiger partial charge is 0.507 e. The SMILES string of the molecule is CCc1ccc(/C(O)=C2/C(=O)C(=O)N(Cc3ccc(OC)cc3)C2c2ccc(OC(C)C)cc2)cc1. The third kappa shape index (κ3) is 5.13. The minimum atomic E-state index is -0.744. The van der Waals surface area contributed by atoms with Gasteiger partial charge >= 0.3 is 0 Å². The topological polar surface area (TPSA) is 76.1 Å². The molecule has 0 aliphatic carbocycles. The lowest BCUT2D eigenvalue weighted by Crippen LogP contribution is -2.29. The number of hydrogen-bond donors (Lipinski definition) is 1. The van der Waals surface area contributed by atoms with Gasteiger partial charge in [0.15, 0.2) is 0 Å². The van der Waals surface area contributed by atoms with Gasteiger partial charge in [0.2, 0.25) is 0 Å². The van der Waals surface area contributed by atoms with Crippen LogP contribution in [0.15, 0.2) is 78.4 Å². The lowest BCUT2D eigenvalue weighted by molar-refractivity contribution is -0.140. The summed E-state index contributed by atoms with van der Waals surface area (Å²) in [5.74, 6) is -0.136. The smallest absolute Gasteiger partial charge is 0.295 e. The van der Waals surface area contributed by atoms with E-state index in [4.69, 9.17) is 9.47 Å². The summed E-state index contributed by atoms with van der Waals surface area (Å²) in [6.45, 7) is 6.14. The highest BCUT2D eigenvalue weighted by molar-refractivity contribution is 6.46. The Labute approximate surface area is 211 Å². The van der Waals surface area contributed by atoms with Crippen LogP contribution in [0.2, 0.25) is 0 Å². The zero-order valence-corrected chi connectivity index (χ0v) is 21.0. The number of rotatable bonds is 8. The second kappa shape index (κ2) is 10.7. The molecule has 1 N–H and O–H groups in total. The summed E-state index contributed by atoms with van der Waals surface area (Å²) in [7, 11) is 1.59. The van der Waals surface area contributed by atoms with Crippen molar-refractivity contribution in [2.45, 2.75) is 45.9 Å². The molecule has 6 heteroatoms. The fourth-order valence-electron chi connectivity index (χ4n) is 4.37. The van der Waals surface area contributed by atoms with E-state index < -0.39 is 17.7 Å². The maximum Gasteiger partial charge on any atom is 0.295 e. The number of ketones is 1. The molecule has 1 fully saturated rings.